The Morgan fingerprint density at radius 2 is 1.91 bits per heavy atom. The van der Waals surface area contributed by atoms with Crippen molar-refractivity contribution in [2.45, 2.75) is 19.8 Å². The molecule has 3 rings (SSSR count). The minimum absolute atomic E-state index is 0.182. The number of carbonyl (C=O) groups excluding carboxylic acids is 4. The molecule has 34 heavy (non-hydrogen) atoms. The van der Waals surface area contributed by atoms with Crippen molar-refractivity contribution in [1.82, 2.24) is 5.32 Å². The quantitative estimate of drug-likeness (QED) is 0.341. The lowest BCUT2D eigenvalue weighted by atomic mass is 10.0. The van der Waals surface area contributed by atoms with Gasteiger partial charge >= 0.3 is 6.03 Å². The highest BCUT2D eigenvalue weighted by Gasteiger charge is 2.37. The highest BCUT2D eigenvalue weighted by atomic mass is 16.5. The van der Waals surface area contributed by atoms with Crippen LogP contribution in [0, 0.1) is 0 Å². The topological polar surface area (TPSA) is 125 Å². The summed E-state index contributed by atoms with van der Waals surface area (Å²) >= 11 is 0. The van der Waals surface area contributed by atoms with Gasteiger partial charge in [-0.1, -0.05) is 31.2 Å². The third-order valence-corrected chi connectivity index (χ3v) is 5.10. The standard InChI is InChI=1S/C25H24N2O7/c1-4-8-17-11-15(13-20(33-3)22(17)34-14-21(28)29)12-18-23(30)26-25(32)27(24(18)31)19-10-7-6-9-16(19)5-2/h4,6-7,9-13H,1,5,8,14H2,2-3H3,(H,28,29)(H,26,30,32)/p-1/b18-12-. The number of carbonyl (C=O) groups is 4. The molecule has 9 heteroatoms. The first-order valence-corrected chi connectivity index (χ1v) is 10.4. The van der Waals surface area contributed by atoms with E-state index in [1.165, 1.54) is 19.3 Å². The van der Waals surface area contributed by atoms with E-state index in [9.17, 15) is 24.3 Å². The Kier molecular flexibility index (Phi) is 7.47. The highest BCUT2D eigenvalue weighted by molar-refractivity contribution is 6.39. The van der Waals surface area contributed by atoms with Gasteiger partial charge in [0.25, 0.3) is 11.8 Å². The fourth-order valence-electron chi connectivity index (χ4n) is 3.59. The minimum atomic E-state index is -1.40. The maximum atomic E-state index is 13.3. The Hall–Kier alpha value is -4.40. The van der Waals surface area contributed by atoms with Crippen LogP contribution in [-0.4, -0.2) is 37.5 Å². The summed E-state index contributed by atoms with van der Waals surface area (Å²) in [4.78, 5) is 50.1. The molecule has 0 radical (unpaired) electrons. The molecule has 1 aliphatic rings. The van der Waals surface area contributed by atoms with Crippen molar-refractivity contribution in [2.75, 3.05) is 18.6 Å². The van der Waals surface area contributed by atoms with Crippen LogP contribution in [0.25, 0.3) is 6.08 Å². The summed E-state index contributed by atoms with van der Waals surface area (Å²) < 4.78 is 10.7. The molecule has 4 amide bonds. The van der Waals surface area contributed by atoms with Gasteiger partial charge < -0.3 is 19.4 Å². The summed E-state index contributed by atoms with van der Waals surface area (Å²) in [7, 11) is 1.37. The first kappa shape index (κ1) is 24.2. The molecule has 0 aliphatic carbocycles. The van der Waals surface area contributed by atoms with Gasteiger partial charge in [0.15, 0.2) is 11.5 Å². The predicted molar refractivity (Wildman–Crippen MR) is 122 cm³/mol. The maximum absolute atomic E-state index is 13.3. The number of allylic oxidation sites excluding steroid dienone is 1. The Labute approximate surface area is 196 Å². The van der Waals surface area contributed by atoms with Gasteiger partial charge in [-0.3, -0.25) is 14.9 Å². The molecular formula is C25H23N2O7-. The lowest BCUT2D eigenvalue weighted by Gasteiger charge is -2.28. The molecule has 1 heterocycles. The summed E-state index contributed by atoms with van der Waals surface area (Å²) in [6.45, 7) is 4.89. The van der Waals surface area contributed by atoms with E-state index < -0.39 is 30.4 Å². The van der Waals surface area contributed by atoms with Crippen molar-refractivity contribution < 1.29 is 33.8 Å². The Morgan fingerprint density at radius 3 is 2.56 bits per heavy atom. The molecule has 176 valence electrons. The van der Waals surface area contributed by atoms with Gasteiger partial charge in [0, 0.05) is 5.56 Å². The van der Waals surface area contributed by atoms with Gasteiger partial charge in [0.05, 0.1) is 18.8 Å². The number of anilines is 1. The molecule has 0 unspecified atom stereocenters. The number of para-hydroxylation sites is 1. The summed E-state index contributed by atoms with van der Waals surface area (Å²) in [6, 6.07) is 9.21. The first-order valence-electron chi connectivity index (χ1n) is 10.4. The van der Waals surface area contributed by atoms with Crippen LogP contribution in [0.2, 0.25) is 0 Å². The van der Waals surface area contributed by atoms with Crippen LogP contribution in [0.5, 0.6) is 11.5 Å². The third kappa shape index (κ3) is 4.98. The monoisotopic (exact) mass is 463 g/mol. The van der Waals surface area contributed by atoms with Gasteiger partial charge in [-0.05, 0) is 48.2 Å². The second-order valence-corrected chi connectivity index (χ2v) is 7.31. The zero-order chi connectivity index (χ0) is 24.8. The van der Waals surface area contributed by atoms with E-state index in [4.69, 9.17) is 9.47 Å². The molecule has 0 saturated carbocycles. The number of nitrogens with zero attached hydrogens (tertiary/aromatic N) is 1. The van der Waals surface area contributed by atoms with E-state index in [1.807, 2.05) is 6.92 Å². The molecule has 1 fully saturated rings. The molecule has 9 nitrogen and oxygen atoms in total. The maximum Gasteiger partial charge on any atom is 0.335 e. The second-order valence-electron chi connectivity index (χ2n) is 7.31. The number of urea groups is 1. The number of aryl methyl sites for hydroxylation is 1. The zero-order valence-electron chi connectivity index (χ0n) is 18.8. The molecule has 0 aromatic heterocycles. The number of methoxy groups -OCH3 is 1. The number of barbiturate groups is 1. The number of imide groups is 2. The number of hydrogen-bond donors (Lipinski definition) is 1. The number of nitrogens with one attached hydrogen (secondary N) is 1. The van der Waals surface area contributed by atoms with Crippen LogP contribution in [-0.2, 0) is 27.2 Å². The van der Waals surface area contributed by atoms with Crippen LogP contribution >= 0.6 is 0 Å². The largest absolute Gasteiger partial charge is 0.546 e. The van der Waals surface area contributed by atoms with E-state index >= 15 is 0 Å². The normalized spacial score (nSPS) is 14.7. The van der Waals surface area contributed by atoms with Crippen LogP contribution < -0.4 is 24.8 Å². The van der Waals surface area contributed by atoms with E-state index in [1.54, 1.807) is 36.4 Å². The van der Waals surface area contributed by atoms with Crippen molar-refractivity contribution in [3.63, 3.8) is 0 Å². The predicted octanol–water partition coefficient (Wildman–Crippen LogP) is 1.78. The van der Waals surface area contributed by atoms with E-state index in [0.717, 1.165) is 10.5 Å². The Balaban J connectivity index is 2.08. The Bertz CT molecular complexity index is 1200. The molecular weight excluding hydrogens is 440 g/mol. The molecule has 2 aromatic carbocycles. The molecule has 1 N–H and O–H groups in total. The molecule has 0 atom stereocenters. The number of ether oxygens (including phenoxy) is 2. The number of amides is 4. The fraction of sp³-hybridized carbons (Fsp3) is 0.200. The zero-order valence-corrected chi connectivity index (χ0v) is 18.8. The van der Waals surface area contributed by atoms with Crippen molar-refractivity contribution in [3.05, 3.63) is 71.3 Å². The number of carboxylic acid groups (broad SMARTS) is 1. The van der Waals surface area contributed by atoms with Crippen molar-refractivity contribution in [1.29, 1.82) is 0 Å². The van der Waals surface area contributed by atoms with Gasteiger partial charge in [-0.25, -0.2) is 9.69 Å². The Morgan fingerprint density at radius 1 is 1.18 bits per heavy atom. The summed E-state index contributed by atoms with van der Waals surface area (Å²) in [6.07, 6.45) is 3.79. The average molecular weight is 463 g/mol. The van der Waals surface area contributed by atoms with Crippen LogP contribution in [0.4, 0.5) is 10.5 Å². The van der Waals surface area contributed by atoms with Crippen LogP contribution in [0.1, 0.15) is 23.6 Å². The molecule has 0 spiro atoms. The number of rotatable bonds is 9. The number of aliphatic carboxylic acids is 1. The fourth-order valence-corrected chi connectivity index (χ4v) is 3.59. The summed E-state index contributed by atoms with van der Waals surface area (Å²) in [5, 5.41) is 13.0. The average Bonchev–Trinajstić information content (AvgIpc) is 2.81. The van der Waals surface area contributed by atoms with Crippen LogP contribution in [0.3, 0.4) is 0 Å². The van der Waals surface area contributed by atoms with E-state index in [-0.39, 0.29) is 17.1 Å². The lowest BCUT2D eigenvalue weighted by Crippen LogP contribution is -2.54. The van der Waals surface area contributed by atoms with E-state index in [2.05, 4.69) is 11.9 Å². The van der Waals surface area contributed by atoms with Gasteiger partial charge in [0.2, 0.25) is 0 Å². The molecule has 1 saturated heterocycles. The SMILES string of the molecule is C=CCc1cc(/C=C2/C(=O)NC(=O)N(c3ccccc3CC)C2=O)cc(OC)c1OCC(=O)[O-]. The molecule has 1 aliphatic heterocycles. The van der Waals surface area contributed by atoms with Crippen molar-refractivity contribution in [3.8, 4) is 11.5 Å². The highest BCUT2D eigenvalue weighted by Crippen LogP contribution is 2.35. The minimum Gasteiger partial charge on any atom is -0.546 e. The summed E-state index contributed by atoms with van der Waals surface area (Å²) in [5.41, 5.74) is 1.84. The van der Waals surface area contributed by atoms with Crippen molar-refractivity contribution in [2.24, 2.45) is 0 Å². The van der Waals surface area contributed by atoms with Gasteiger partial charge in [0.1, 0.15) is 12.2 Å². The number of benzene rings is 2. The molecule has 2 aromatic rings. The van der Waals surface area contributed by atoms with Gasteiger partial charge in [-0.2, -0.15) is 0 Å². The first-order chi connectivity index (χ1) is 16.3. The number of hydrogen-bond acceptors (Lipinski definition) is 7. The van der Waals surface area contributed by atoms with E-state index in [0.29, 0.717) is 29.7 Å². The number of carboxylic acids is 1. The second kappa shape index (κ2) is 10.5. The van der Waals surface area contributed by atoms with Crippen molar-refractivity contribution >= 4 is 35.6 Å². The lowest BCUT2D eigenvalue weighted by molar-refractivity contribution is -0.307. The molecule has 0 bridgehead atoms. The smallest absolute Gasteiger partial charge is 0.335 e. The summed E-state index contributed by atoms with van der Waals surface area (Å²) in [5.74, 6) is -2.63. The third-order valence-electron chi connectivity index (χ3n) is 5.10. The van der Waals surface area contributed by atoms with Gasteiger partial charge in [-0.15, -0.1) is 6.58 Å². The van der Waals surface area contributed by atoms with Crippen LogP contribution in [0.15, 0.2) is 54.6 Å².